The highest BCUT2D eigenvalue weighted by Gasteiger charge is 2.32. The molecule has 0 saturated heterocycles. The van der Waals surface area contributed by atoms with Crippen LogP contribution in [0.25, 0.3) is 11.4 Å². The summed E-state index contributed by atoms with van der Waals surface area (Å²) in [5.41, 5.74) is 3.16. The number of nitrogens with zero attached hydrogens (tertiary/aromatic N) is 3. The summed E-state index contributed by atoms with van der Waals surface area (Å²) in [6.07, 6.45) is 4.08. The highest BCUT2D eigenvalue weighted by atomic mass is 35.5. The van der Waals surface area contributed by atoms with Crippen LogP contribution in [0.15, 0.2) is 60.9 Å². The van der Waals surface area contributed by atoms with E-state index in [4.69, 9.17) is 11.6 Å². The van der Waals surface area contributed by atoms with Crippen LogP contribution in [0.3, 0.4) is 0 Å². The lowest BCUT2D eigenvalue weighted by molar-refractivity contribution is 0.0683. The standard InChI is InChI=1S/C21H19ClN4O/c1-2-10-26-20(25-18-11-16(22)8-9-17(18)21(26)27)15-12-23-19(24-13-15)14-6-4-3-5-7-14/h3-9,11-13,20,25H,2,10H2,1H3/t20-/m1/s1. The molecular formula is C21H19ClN4O. The number of aromatic nitrogens is 2. The third kappa shape index (κ3) is 3.38. The molecule has 0 radical (unpaired) electrons. The summed E-state index contributed by atoms with van der Waals surface area (Å²) in [7, 11) is 0. The average molecular weight is 379 g/mol. The van der Waals surface area contributed by atoms with E-state index in [0.717, 1.165) is 23.2 Å². The molecule has 0 spiro atoms. The van der Waals surface area contributed by atoms with Crippen LogP contribution in [0.5, 0.6) is 0 Å². The van der Waals surface area contributed by atoms with Gasteiger partial charge in [-0.1, -0.05) is 48.9 Å². The van der Waals surface area contributed by atoms with Crippen molar-refractivity contribution in [1.82, 2.24) is 14.9 Å². The fourth-order valence-electron chi connectivity index (χ4n) is 3.27. The Morgan fingerprint density at radius 3 is 2.56 bits per heavy atom. The Balaban J connectivity index is 1.69. The first-order chi connectivity index (χ1) is 13.2. The second kappa shape index (κ2) is 7.37. The van der Waals surface area contributed by atoms with Gasteiger partial charge in [-0.25, -0.2) is 9.97 Å². The first kappa shape index (κ1) is 17.5. The van der Waals surface area contributed by atoms with Gasteiger partial charge in [-0.3, -0.25) is 4.79 Å². The molecule has 0 aliphatic carbocycles. The van der Waals surface area contributed by atoms with Gasteiger partial charge in [0.2, 0.25) is 0 Å². The molecule has 0 unspecified atom stereocenters. The summed E-state index contributed by atoms with van der Waals surface area (Å²) >= 11 is 6.11. The molecule has 4 rings (SSSR count). The Morgan fingerprint density at radius 2 is 1.85 bits per heavy atom. The molecule has 2 aromatic carbocycles. The fourth-order valence-corrected chi connectivity index (χ4v) is 3.44. The van der Waals surface area contributed by atoms with Crippen LogP contribution < -0.4 is 5.32 Å². The lowest BCUT2D eigenvalue weighted by atomic mass is 10.0. The fraction of sp³-hybridized carbons (Fsp3) is 0.190. The lowest BCUT2D eigenvalue weighted by Gasteiger charge is -2.37. The molecule has 0 fully saturated rings. The average Bonchev–Trinajstić information content (AvgIpc) is 2.71. The maximum atomic E-state index is 13.0. The van der Waals surface area contributed by atoms with E-state index in [2.05, 4.69) is 22.2 Å². The van der Waals surface area contributed by atoms with Gasteiger partial charge in [-0.05, 0) is 24.6 Å². The Morgan fingerprint density at radius 1 is 1.11 bits per heavy atom. The summed E-state index contributed by atoms with van der Waals surface area (Å²) < 4.78 is 0. The molecular weight excluding hydrogens is 360 g/mol. The molecule has 27 heavy (non-hydrogen) atoms. The van der Waals surface area contributed by atoms with Crippen molar-refractivity contribution in [3.8, 4) is 11.4 Å². The summed E-state index contributed by atoms with van der Waals surface area (Å²) in [4.78, 5) is 23.8. The van der Waals surface area contributed by atoms with Crippen molar-refractivity contribution < 1.29 is 4.79 Å². The molecule has 1 aromatic heterocycles. The van der Waals surface area contributed by atoms with Gasteiger partial charge >= 0.3 is 0 Å². The molecule has 0 bridgehead atoms. The molecule has 136 valence electrons. The molecule has 5 nitrogen and oxygen atoms in total. The zero-order valence-corrected chi connectivity index (χ0v) is 15.6. The number of amides is 1. The molecule has 1 aliphatic rings. The Bertz CT molecular complexity index is 960. The maximum Gasteiger partial charge on any atom is 0.257 e. The second-order valence-electron chi connectivity index (χ2n) is 6.44. The monoisotopic (exact) mass is 378 g/mol. The summed E-state index contributed by atoms with van der Waals surface area (Å²) in [5, 5.41) is 4.01. The van der Waals surface area contributed by atoms with Crippen LogP contribution in [-0.4, -0.2) is 27.3 Å². The van der Waals surface area contributed by atoms with Gasteiger partial charge in [0.25, 0.3) is 5.91 Å². The number of halogens is 1. The molecule has 1 aliphatic heterocycles. The van der Waals surface area contributed by atoms with E-state index in [1.54, 1.807) is 30.6 Å². The van der Waals surface area contributed by atoms with E-state index in [1.165, 1.54) is 0 Å². The van der Waals surface area contributed by atoms with E-state index in [0.29, 0.717) is 23.0 Å². The molecule has 1 atom stereocenters. The molecule has 1 amide bonds. The topological polar surface area (TPSA) is 58.1 Å². The van der Waals surface area contributed by atoms with Crippen LogP contribution in [0, 0.1) is 0 Å². The molecule has 2 heterocycles. The van der Waals surface area contributed by atoms with Crippen LogP contribution in [0.1, 0.15) is 35.4 Å². The highest BCUT2D eigenvalue weighted by molar-refractivity contribution is 6.31. The van der Waals surface area contributed by atoms with E-state index < -0.39 is 0 Å². The number of benzene rings is 2. The maximum absolute atomic E-state index is 13.0. The van der Waals surface area contributed by atoms with Crippen LogP contribution in [0.2, 0.25) is 5.02 Å². The van der Waals surface area contributed by atoms with Gasteiger partial charge in [-0.15, -0.1) is 0 Å². The van der Waals surface area contributed by atoms with Gasteiger partial charge in [0.05, 0.1) is 11.3 Å². The van der Waals surface area contributed by atoms with E-state index in [9.17, 15) is 4.79 Å². The minimum Gasteiger partial charge on any atom is -0.361 e. The van der Waals surface area contributed by atoms with Gasteiger partial charge in [0, 0.05) is 35.1 Å². The van der Waals surface area contributed by atoms with Crippen LogP contribution >= 0.6 is 11.6 Å². The Kier molecular flexibility index (Phi) is 4.77. The first-order valence-electron chi connectivity index (χ1n) is 8.92. The second-order valence-corrected chi connectivity index (χ2v) is 6.88. The van der Waals surface area contributed by atoms with Gasteiger partial charge < -0.3 is 10.2 Å². The van der Waals surface area contributed by atoms with Crippen molar-refractivity contribution in [1.29, 1.82) is 0 Å². The predicted octanol–water partition coefficient (Wildman–Crippen LogP) is 4.77. The third-order valence-corrected chi connectivity index (χ3v) is 4.80. The number of anilines is 1. The Hall–Kier alpha value is -2.92. The number of carbonyl (C=O) groups is 1. The van der Waals surface area contributed by atoms with E-state index in [1.807, 2.05) is 35.2 Å². The number of hydrogen-bond donors (Lipinski definition) is 1. The number of fused-ring (bicyclic) bond motifs is 1. The number of carbonyl (C=O) groups excluding carboxylic acids is 1. The summed E-state index contributed by atoms with van der Waals surface area (Å²) in [6.45, 7) is 2.69. The Labute approximate surface area is 163 Å². The summed E-state index contributed by atoms with van der Waals surface area (Å²) in [5.74, 6) is 0.645. The van der Waals surface area contributed by atoms with Crippen molar-refractivity contribution in [3.63, 3.8) is 0 Å². The van der Waals surface area contributed by atoms with Crippen molar-refractivity contribution in [3.05, 3.63) is 77.1 Å². The zero-order valence-electron chi connectivity index (χ0n) is 14.9. The number of nitrogens with one attached hydrogen (secondary N) is 1. The van der Waals surface area contributed by atoms with Crippen LogP contribution in [0.4, 0.5) is 5.69 Å². The quantitative estimate of drug-likeness (QED) is 0.710. The SMILES string of the molecule is CCCN1C(=O)c2ccc(Cl)cc2N[C@H]1c1cnc(-c2ccccc2)nc1. The minimum absolute atomic E-state index is 0.0144. The number of hydrogen-bond acceptors (Lipinski definition) is 4. The van der Waals surface area contributed by atoms with Gasteiger partial charge in [0.15, 0.2) is 5.82 Å². The molecule has 3 aromatic rings. The van der Waals surface area contributed by atoms with E-state index >= 15 is 0 Å². The van der Waals surface area contributed by atoms with Crippen molar-refractivity contribution in [2.24, 2.45) is 0 Å². The van der Waals surface area contributed by atoms with E-state index in [-0.39, 0.29) is 12.1 Å². The third-order valence-electron chi connectivity index (χ3n) is 4.56. The first-order valence-corrected chi connectivity index (χ1v) is 9.29. The van der Waals surface area contributed by atoms with Gasteiger partial charge in [-0.2, -0.15) is 0 Å². The molecule has 6 heteroatoms. The number of rotatable bonds is 4. The summed E-state index contributed by atoms with van der Waals surface area (Å²) in [6, 6.07) is 15.1. The lowest BCUT2D eigenvalue weighted by Crippen LogP contribution is -2.43. The molecule has 0 saturated carbocycles. The van der Waals surface area contributed by atoms with Crippen molar-refractivity contribution in [2.75, 3.05) is 11.9 Å². The van der Waals surface area contributed by atoms with Crippen LogP contribution in [-0.2, 0) is 0 Å². The largest absolute Gasteiger partial charge is 0.361 e. The smallest absolute Gasteiger partial charge is 0.257 e. The van der Waals surface area contributed by atoms with Gasteiger partial charge in [0.1, 0.15) is 6.17 Å². The van der Waals surface area contributed by atoms with Crippen molar-refractivity contribution >= 4 is 23.2 Å². The highest BCUT2D eigenvalue weighted by Crippen LogP contribution is 2.34. The minimum atomic E-state index is -0.326. The zero-order chi connectivity index (χ0) is 18.8. The normalized spacial score (nSPS) is 16.0. The molecule has 1 N–H and O–H groups in total. The van der Waals surface area contributed by atoms with Crippen molar-refractivity contribution in [2.45, 2.75) is 19.5 Å². The predicted molar refractivity (Wildman–Crippen MR) is 107 cm³/mol.